The maximum atomic E-state index is 11.8. The molecule has 0 aliphatic rings. The predicted molar refractivity (Wildman–Crippen MR) is 84.3 cm³/mol. The van der Waals surface area contributed by atoms with E-state index >= 15 is 0 Å². The van der Waals surface area contributed by atoms with Gasteiger partial charge in [0.2, 0.25) is 0 Å². The van der Waals surface area contributed by atoms with Crippen molar-refractivity contribution in [1.82, 2.24) is 4.90 Å². The summed E-state index contributed by atoms with van der Waals surface area (Å²) >= 11 is 6.89. The molecular weight excluding hydrogens is 280 g/mol. The molecule has 1 N–H and O–H groups in total. The van der Waals surface area contributed by atoms with Gasteiger partial charge in [-0.3, -0.25) is 0 Å². The number of rotatable bonds is 4. The molecule has 1 aromatic heterocycles. The van der Waals surface area contributed by atoms with Crippen LogP contribution in [0.4, 0.5) is 5.00 Å². The molecule has 6 heteroatoms. The van der Waals surface area contributed by atoms with Crippen molar-refractivity contribution in [1.29, 1.82) is 0 Å². The third-order valence-electron chi connectivity index (χ3n) is 3.05. The Morgan fingerprint density at radius 2 is 1.95 bits per heavy atom. The van der Waals surface area contributed by atoms with Gasteiger partial charge in [0.15, 0.2) is 5.11 Å². The van der Waals surface area contributed by atoms with Gasteiger partial charge in [0.25, 0.3) is 0 Å². The molecule has 0 fully saturated rings. The average Bonchev–Trinajstić information content (AvgIpc) is 2.65. The van der Waals surface area contributed by atoms with Crippen LogP contribution in [0.15, 0.2) is 0 Å². The molecular formula is C13H20N2O2S2. The summed E-state index contributed by atoms with van der Waals surface area (Å²) in [5.74, 6) is -0.327. The number of nitrogens with one attached hydrogen (secondary N) is 1. The number of nitrogens with zero attached hydrogens (tertiary/aromatic N) is 1. The highest BCUT2D eigenvalue weighted by atomic mass is 32.1. The summed E-state index contributed by atoms with van der Waals surface area (Å²) in [4.78, 5) is 15.0. The van der Waals surface area contributed by atoms with E-state index in [-0.39, 0.29) is 5.97 Å². The molecule has 0 aliphatic heterocycles. The standard InChI is InChI=1S/C13H20N2O2S2/c1-6-15(7-2)13(18)14-11-10(12(16)17-5)8(3)9(4)19-11/h6-7H2,1-5H3,(H,14,18). The fourth-order valence-corrected chi connectivity index (χ4v) is 3.22. The molecule has 0 amide bonds. The lowest BCUT2D eigenvalue weighted by Gasteiger charge is -2.22. The van der Waals surface area contributed by atoms with Gasteiger partial charge in [0.1, 0.15) is 5.00 Å². The molecule has 0 radical (unpaired) electrons. The molecule has 0 bridgehead atoms. The van der Waals surface area contributed by atoms with Crippen molar-refractivity contribution in [2.24, 2.45) is 0 Å². The molecule has 4 nitrogen and oxygen atoms in total. The molecule has 0 spiro atoms. The quantitative estimate of drug-likeness (QED) is 0.683. The van der Waals surface area contributed by atoms with Crippen LogP contribution in [0, 0.1) is 13.8 Å². The lowest BCUT2D eigenvalue weighted by atomic mass is 10.1. The number of anilines is 1. The Kier molecular flexibility index (Phi) is 5.75. The number of thiocarbonyl (C=S) groups is 1. The zero-order valence-electron chi connectivity index (χ0n) is 12.0. The van der Waals surface area contributed by atoms with E-state index in [0.29, 0.717) is 10.7 Å². The van der Waals surface area contributed by atoms with E-state index in [4.69, 9.17) is 17.0 Å². The SMILES string of the molecule is CCN(CC)C(=S)Nc1sc(C)c(C)c1C(=O)OC. The van der Waals surface area contributed by atoms with Crippen LogP contribution < -0.4 is 5.32 Å². The minimum atomic E-state index is -0.327. The zero-order valence-corrected chi connectivity index (χ0v) is 13.6. The van der Waals surface area contributed by atoms with Crippen molar-refractivity contribution >= 4 is 39.6 Å². The Morgan fingerprint density at radius 3 is 2.42 bits per heavy atom. The lowest BCUT2D eigenvalue weighted by molar-refractivity contribution is 0.0601. The fraction of sp³-hybridized carbons (Fsp3) is 0.538. The van der Waals surface area contributed by atoms with Crippen molar-refractivity contribution in [3.63, 3.8) is 0 Å². The van der Waals surface area contributed by atoms with Crippen molar-refractivity contribution in [3.05, 3.63) is 16.0 Å². The van der Waals surface area contributed by atoms with E-state index in [1.807, 2.05) is 32.6 Å². The van der Waals surface area contributed by atoms with Crippen molar-refractivity contribution in [2.45, 2.75) is 27.7 Å². The molecule has 0 unspecified atom stereocenters. The van der Waals surface area contributed by atoms with E-state index in [9.17, 15) is 4.79 Å². The zero-order chi connectivity index (χ0) is 14.6. The minimum absolute atomic E-state index is 0.327. The topological polar surface area (TPSA) is 41.6 Å². The van der Waals surface area contributed by atoms with E-state index in [0.717, 1.165) is 28.5 Å². The first-order valence-corrected chi connectivity index (χ1v) is 7.42. The Balaban J connectivity index is 3.04. The van der Waals surface area contributed by atoms with Crippen LogP contribution in [0.25, 0.3) is 0 Å². The number of carbonyl (C=O) groups excluding carboxylic acids is 1. The summed E-state index contributed by atoms with van der Waals surface area (Å²) in [5, 5.41) is 4.56. The van der Waals surface area contributed by atoms with Gasteiger partial charge < -0.3 is 15.0 Å². The number of thiophene rings is 1. The highest BCUT2D eigenvalue weighted by Gasteiger charge is 2.21. The van der Waals surface area contributed by atoms with Gasteiger partial charge in [0, 0.05) is 18.0 Å². The smallest absolute Gasteiger partial charge is 0.341 e. The average molecular weight is 300 g/mol. The number of carbonyl (C=O) groups is 1. The Labute approximate surface area is 123 Å². The molecule has 19 heavy (non-hydrogen) atoms. The molecule has 1 rings (SSSR count). The molecule has 106 valence electrons. The first-order chi connectivity index (χ1) is 8.96. The predicted octanol–water partition coefficient (Wildman–Crippen LogP) is 3.19. The van der Waals surface area contributed by atoms with Gasteiger partial charge >= 0.3 is 5.97 Å². The van der Waals surface area contributed by atoms with Crippen LogP contribution in [-0.2, 0) is 4.74 Å². The third-order valence-corrected chi connectivity index (χ3v) is 4.53. The van der Waals surface area contributed by atoms with Crippen LogP contribution in [0.1, 0.15) is 34.6 Å². The van der Waals surface area contributed by atoms with Gasteiger partial charge in [0.05, 0.1) is 12.7 Å². The Hall–Kier alpha value is -1.14. The number of methoxy groups -OCH3 is 1. The van der Waals surface area contributed by atoms with Gasteiger partial charge in [-0.1, -0.05) is 0 Å². The van der Waals surface area contributed by atoms with Gasteiger partial charge in [-0.05, 0) is 45.5 Å². The second-order valence-corrected chi connectivity index (χ2v) is 5.69. The Bertz CT molecular complexity index is 479. The first kappa shape index (κ1) is 15.9. The monoisotopic (exact) mass is 300 g/mol. The van der Waals surface area contributed by atoms with E-state index in [1.54, 1.807) is 0 Å². The summed E-state index contributed by atoms with van der Waals surface area (Å²) in [6.07, 6.45) is 0. The van der Waals surface area contributed by atoms with Crippen molar-refractivity contribution in [3.8, 4) is 0 Å². The maximum Gasteiger partial charge on any atom is 0.341 e. The second-order valence-electron chi connectivity index (χ2n) is 4.08. The van der Waals surface area contributed by atoms with E-state index in [1.165, 1.54) is 18.4 Å². The summed E-state index contributed by atoms with van der Waals surface area (Å²) in [6, 6.07) is 0. The number of esters is 1. The van der Waals surface area contributed by atoms with Crippen LogP contribution in [0.5, 0.6) is 0 Å². The molecule has 0 aliphatic carbocycles. The van der Waals surface area contributed by atoms with Crippen LogP contribution in [0.3, 0.4) is 0 Å². The van der Waals surface area contributed by atoms with Crippen LogP contribution in [0.2, 0.25) is 0 Å². The molecule has 0 atom stereocenters. The Morgan fingerprint density at radius 1 is 1.37 bits per heavy atom. The summed E-state index contributed by atoms with van der Waals surface area (Å²) in [5.41, 5.74) is 1.53. The van der Waals surface area contributed by atoms with Gasteiger partial charge in [-0.2, -0.15) is 0 Å². The number of ether oxygens (including phenoxy) is 1. The van der Waals surface area contributed by atoms with Crippen molar-refractivity contribution in [2.75, 3.05) is 25.5 Å². The normalized spacial score (nSPS) is 10.2. The maximum absolute atomic E-state index is 11.8. The number of hydrogen-bond donors (Lipinski definition) is 1. The third kappa shape index (κ3) is 3.45. The summed E-state index contributed by atoms with van der Waals surface area (Å²) in [7, 11) is 1.39. The molecule has 0 saturated heterocycles. The first-order valence-electron chi connectivity index (χ1n) is 6.20. The van der Waals surface area contributed by atoms with Gasteiger partial charge in [-0.25, -0.2) is 4.79 Å². The largest absolute Gasteiger partial charge is 0.465 e. The second kappa shape index (κ2) is 6.86. The lowest BCUT2D eigenvalue weighted by Crippen LogP contribution is -2.34. The molecule has 1 heterocycles. The highest BCUT2D eigenvalue weighted by molar-refractivity contribution is 7.80. The van der Waals surface area contributed by atoms with E-state index in [2.05, 4.69) is 5.32 Å². The summed E-state index contributed by atoms with van der Waals surface area (Å²) < 4.78 is 4.84. The van der Waals surface area contributed by atoms with E-state index < -0.39 is 0 Å². The number of aryl methyl sites for hydroxylation is 1. The van der Waals surface area contributed by atoms with Crippen molar-refractivity contribution < 1.29 is 9.53 Å². The fourth-order valence-electron chi connectivity index (χ4n) is 1.75. The molecule has 0 saturated carbocycles. The van der Waals surface area contributed by atoms with Gasteiger partial charge in [-0.15, -0.1) is 11.3 Å². The highest BCUT2D eigenvalue weighted by Crippen LogP contribution is 2.33. The summed E-state index contributed by atoms with van der Waals surface area (Å²) in [6.45, 7) is 9.66. The van der Waals surface area contributed by atoms with Crippen LogP contribution >= 0.6 is 23.6 Å². The van der Waals surface area contributed by atoms with Crippen LogP contribution in [-0.4, -0.2) is 36.2 Å². The minimum Gasteiger partial charge on any atom is -0.465 e. The molecule has 1 aromatic rings. The molecule has 0 aromatic carbocycles. The number of hydrogen-bond acceptors (Lipinski definition) is 4.